The van der Waals surface area contributed by atoms with Gasteiger partial charge in [0.1, 0.15) is 16.3 Å². The van der Waals surface area contributed by atoms with Gasteiger partial charge < -0.3 is 10.1 Å². The first-order valence-electron chi connectivity index (χ1n) is 22.1. The van der Waals surface area contributed by atoms with E-state index in [0.717, 1.165) is 37.6 Å². The molecule has 2 N–H and O–H groups in total. The average molecular weight is 899 g/mol. The van der Waals surface area contributed by atoms with Gasteiger partial charge in [-0.1, -0.05) is 127 Å². The molecule has 0 aliphatic carbocycles. The Morgan fingerprint density at radius 1 is 0.885 bits per heavy atom. The number of aryl methyl sites for hydroxylation is 1. The quantitative estimate of drug-likeness (QED) is 0.0355. The van der Waals surface area contributed by atoms with E-state index in [-0.39, 0.29) is 40.5 Å². The molecule has 3 aromatic rings. The summed E-state index contributed by atoms with van der Waals surface area (Å²) in [5.74, 6) is -0.424. The highest BCUT2D eigenvalue weighted by Gasteiger charge is 2.57. The van der Waals surface area contributed by atoms with Crippen molar-refractivity contribution in [1.82, 2.24) is 13.5 Å². The lowest BCUT2D eigenvalue weighted by molar-refractivity contribution is -0.110. The molecule has 0 spiro atoms. The summed E-state index contributed by atoms with van der Waals surface area (Å²) in [4.78, 5) is 24.3. The molecule has 5 rings (SSSR count). The molecule has 0 saturated carbocycles. The number of nitrogens with zero attached hydrogens (tertiary/aromatic N) is 4. The zero-order valence-electron chi connectivity index (χ0n) is 36.7. The van der Waals surface area contributed by atoms with Crippen LogP contribution in [0.25, 0.3) is 0 Å². The number of amidine groups is 1. The number of carbonyl (C=O) groups excluding carboxylic acids is 1. The second-order valence-electron chi connectivity index (χ2n) is 16.5. The summed E-state index contributed by atoms with van der Waals surface area (Å²) >= 11 is 6.34. The number of carbonyl (C=O) groups is 1. The molecule has 2 aliphatic rings. The van der Waals surface area contributed by atoms with Crippen molar-refractivity contribution in [2.45, 2.75) is 135 Å². The second-order valence-corrected chi connectivity index (χ2v) is 20.5. The summed E-state index contributed by atoms with van der Waals surface area (Å²) in [5, 5.41) is 3.23. The Hall–Kier alpha value is -3.82. The molecule has 0 radical (unpaired) electrons. The third-order valence-corrected chi connectivity index (χ3v) is 14.5. The summed E-state index contributed by atoms with van der Waals surface area (Å²) in [6.45, 7) is 7.49. The first kappa shape index (κ1) is 48.2. The van der Waals surface area contributed by atoms with Crippen LogP contribution in [0.4, 0.5) is 22.7 Å². The van der Waals surface area contributed by atoms with Crippen molar-refractivity contribution in [1.29, 1.82) is 0 Å². The fourth-order valence-electron chi connectivity index (χ4n) is 8.16. The maximum atomic E-state index is 14.5. The van der Waals surface area contributed by atoms with Crippen molar-refractivity contribution in [2.75, 3.05) is 38.3 Å². The molecule has 1 amide bonds. The Morgan fingerprint density at radius 3 is 2.07 bits per heavy atom. The number of para-hydroxylation sites is 1. The number of anilines is 1. The monoisotopic (exact) mass is 897 g/mol. The lowest BCUT2D eigenvalue weighted by Gasteiger charge is -2.30. The molecule has 2 aliphatic heterocycles. The first-order valence-corrected chi connectivity index (χ1v) is 25.8. The van der Waals surface area contributed by atoms with Crippen LogP contribution in [-0.2, 0) is 24.8 Å². The van der Waals surface area contributed by atoms with Gasteiger partial charge in [0.05, 0.1) is 37.0 Å². The number of aliphatic imine (C=N–C) groups is 2. The van der Waals surface area contributed by atoms with Gasteiger partial charge in [-0.05, 0) is 62.2 Å². The van der Waals surface area contributed by atoms with E-state index >= 15 is 0 Å². The molecular formula is C46H66ClN6O6S2+. The van der Waals surface area contributed by atoms with Gasteiger partial charge in [-0.2, -0.15) is 4.72 Å². The highest BCUT2D eigenvalue weighted by atomic mass is 35.5. The number of nitrogens with one attached hydrogen (secondary N) is 2. The third kappa shape index (κ3) is 13.1. The van der Waals surface area contributed by atoms with Crippen molar-refractivity contribution in [2.24, 2.45) is 9.98 Å². The largest absolute Gasteiger partial charge is 0.495 e. The number of hydrogen-bond acceptors (Lipinski definition) is 8. The lowest BCUT2D eigenvalue weighted by Crippen LogP contribution is -2.47. The van der Waals surface area contributed by atoms with Crippen LogP contribution in [-0.4, -0.2) is 77.8 Å². The van der Waals surface area contributed by atoms with Crippen molar-refractivity contribution in [3.8, 4) is 5.75 Å². The number of halogens is 1. The molecule has 2 unspecified atom stereocenters. The van der Waals surface area contributed by atoms with Gasteiger partial charge in [0.2, 0.25) is 16.2 Å². The molecule has 3 aromatic carbocycles. The Morgan fingerprint density at radius 2 is 1.49 bits per heavy atom. The van der Waals surface area contributed by atoms with Gasteiger partial charge in [-0.3, -0.25) is 9.28 Å². The highest BCUT2D eigenvalue weighted by molar-refractivity contribution is 7.90. The SMILES string of the molecule is CCCCCCCCCCCCCCCCCCN1C(C(=Nc2ccc([N+]3(CC)CC3NS(C)(=O)=O)cc2C)C(=O)Nc2cc(Cl)ccc2OC)=Nc2ccccc2S1(=O)=O. The number of fused-ring (bicyclic) bond motifs is 1. The molecule has 0 bridgehead atoms. The lowest BCUT2D eigenvalue weighted by atomic mass is 10.0. The smallest absolute Gasteiger partial charge is 0.278 e. The van der Waals surface area contributed by atoms with Crippen molar-refractivity contribution >= 4 is 71.9 Å². The number of ether oxygens (including phenoxy) is 1. The minimum Gasteiger partial charge on any atom is -0.495 e. The van der Waals surface area contributed by atoms with Crippen LogP contribution in [0.1, 0.15) is 122 Å². The molecule has 334 valence electrons. The van der Waals surface area contributed by atoms with E-state index in [1.165, 1.54) is 88.1 Å². The topological polar surface area (TPSA) is 147 Å². The Kier molecular flexibility index (Phi) is 17.8. The minimum atomic E-state index is -4.13. The van der Waals surface area contributed by atoms with Crippen LogP contribution < -0.4 is 19.3 Å². The Labute approximate surface area is 369 Å². The van der Waals surface area contributed by atoms with Crippen LogP contribution in [0.5, 0.6) is 5.75 Å². The molecule has 1 saturated heterocycles. The highest BCUT2D eigenvalue weighted by Crippen LogP contribution is 2.40. The van der Waals surface area contributed by atoms with Crippen LogP contribution in [0, 0.1) is 6.92 Å². The number of amides is 1. The van der Waals surface area contributed by atoms with Gasteiger partial charge >= 0.3 is 0 Å². The number of quaternary nitrogens is 1. The molecule has 12 nitrogen and oxygen atoms in total. The van der Waals surface area contributed by atoms with Gasteiger partial charge in [-0.25, -0.2) is 31.1 Å². The van der Waals surface area contributed by atoms with Crippen molar-refractivity contribution in [3.05, 3.63) is 71.2 Å². The normalized spacial score (nSPS) is 18.4. The molecule has 61 heavy (non-hydrogen) atoms. The number of benzene rings is 3. The van der Waals surface area contributed by atoms with Gasteiger partial charge in [-0.15, -0.1) is 0 Å². The number of likely N-dealkylation sites (N-methyl/N-ethyl adjacent to an activating group) is 1. The zero-order valence-corrected chi connectivity index (χ0v) is 39.1. The van der Waals surface area contributed by atoms with E-state index in [2.05, 4.69) is 17.0 Å². The average Bonchev–Trinajstić information content (AvgIpc) is 3.92. The Bertz CT molecular complexity index is 2250. The van der Waals surface area contributed by atoms with Crippen LogP contribution >= 0.6 is 11.6 Å². The van der Waals surface area contributed by atoms with Crippen molar-refractivity contribution < 1.29 is 26.4 Å². The van der Waals surface area contributed by atoms with Crippen LogP contribution in [0.3, 0.4) is 0 Å². The maximum absolute atomic E-state index is 14.5. The van der Waals surface area contributed by atoms with E-state index in [1.54, 1.807) is 42.5 Å². The van der Waals surface area contributed by atoms with E-state index in [0.29, 0.717) is 46.0 Å². The number of unbranched alkanes of at least 4 members (excludes halogenated alkanes) is 15. The fourth-order valence-corrected chi connectivity index (χ4v) is 10.7. The number of hydrogen-bond donors (Lipinski definition) is 2. The zero-order chi connectivity index (χ0) is 44.0. The van der Waals surface area contributed by atoms with E-state index in [1.807, 2.05) is 26.0 Å². The molecule has 0 aromatic heterocycles. The summed E-state index contributed by atoms with van der Waals surface area (Å²) in [7, 11) is -6.07. The molecular weight excluding hydrogens is 832 g/mol. The van der Waals surface area contributed by atoms with E-state index < -0.39 is 26.0 Å². The number of sulfonamides is 2. The third-order valence-electron chi connectivity index (χ3n) is 11.8. The molecule has 1 fully saturated rings. The van der Waals surface area contributed by atoms with E-state index in [4.69, 9.17) is 26.3 Å². The van der Waals surface area contributed by atoms with Gasteiger partial charge in [0.25, 0.3) is 15.9 Å². The molecule has 2 heterocycles. The number of methoxy groups -OCH3 is 1. The predicted molar refractivity (Wildman–Crippen MR) is 251 cm³/mol. The summed E-state index contributed by atoms with van der Waals surface area (Å²) in [6.07, 6.45) is 20.0. The fraction of sp³-hybridized carbons (Fsp3) is 0.543. The number of rotatable bonds is 26. The predicted octanol–water partition coefficient (Wildman–Crippen LogP) is 10.6. The van der Waals surface area contributed by atoms with Crippen molar-refractivity contribution in [3.63, 3.8) is 0 Å². The minimum absolute atomic E-state index is 0.0661. The second kappa shape index (κ2) is 22.5. The molecule has 2 atom stereocenters. The maximum Gasteiger partial charge on any atom is 0.278 e. The standard InChI is InChI=1S/C46H65ClN6O6S2/c1-6-8-9-10-11-12-13-14-15-16-17-18-19-20-21-24-31-52-45(49-39-25-22-23-26-42(39)61(52,57)58)44(46(54)50-40-33-36(47)27-30-41(40)59-4)48-38-29-28-37(32-35(38)3)53(7-2)34-43(53)51-60(5,55)56/h22-23,25-30,32-33,43,51H,6-21,24,31,34H2,1-5H3/p+1. The summed E-state index contributed by atoms with van der Waals surface area (Å²) < 4.78 is 62.9. The van der Waals surface area contributed by atoms with Gasteiger partial charge in [0, 0.05) is 23.7 Å². The first-order chi connectivity index (χ1) is 29.2. The van der Waals surface area contributed by atoms with Gasteiger partial charge in [0.15, 0.2) is 18.1 Å². The van der Waals surface area contributed by atoms with E-state index in [9.17, 15) is 21.6 Å². The summed E-state index contributed by atoms with van der Waals surface area (Å²) in [6, 6.07) is 16.9. The van der Waals surface area contributed by atoms with Crippen LogP contribution in [0.15, 0.2) is 75.5 Å². The van der Waals surface area contributed by atoms with Crippen LogP contribution in [0.2, 0.25) is 5.02 Å². The Balaban J connectivity index is 1.35. The summed E-state index contributed by atoms with van der Waals surface area (Å²) in [5.41, 5.74) is 2.33. The molecule has 15 heteroatoms.